The van der Waals surface area contributed by atoms with E-state index in [0.29, 0.717) is 0 Å². The first-order valence-corrected chi connectivity index (χ1v) is 21.7. The summed E-state index contributed by atoms with van der Waals surface area (Å²) in [5.41, 5.74) is 17.7. The van der Waals surface area contributed by atoms with Crippen molar-refractivity contribution >= 4 is 38.6 Å². The highest BCUT2D eigenvalue weighted by molar-refractivity contribution is 6.13. The van der Waals surface area contributed by atoms with E-state index in [1.807, 2.05) is 0 Å². The summed E-state index contributed by atoms with van der Waals surface area (Å²) in [4.78, 5) is 2.40. The lowest BCUT2D eigenvalue weighted by Gasteiger charge is -2.28. The van der Waals surface area contributed by atoms with Crippen LogP contribution in [0.5, 0.6) is 0 Å². The molecule has 0 radical (unpaired) electrons. The third-order valence-electron chi connectivity index (χ3n) is 12.3. The van der Waals surface area contributed by atoms with Gasteiger partial charge in [0.1, 0.15) is 0 Å². The predicted octanol–water partition coefficient (Wildman–Crippen LogP) is 17.5. The Hall–Kier alpha value is -8.26. The van der Waals surface area contributed by atoms with Crippen LogP contribution in [-0.4, -0.2) is 0 Å². The van der Waals surface area contributed by atoms with Crippen molar-refractivity contribution in [2.24, 2.45) is 0 Å². The summed E-state index contributed by atoms with van der Waals surface area (Å²) in [6.07, 6.45) is 0. The third-order valence-corrected chi connectivity index (χ3v) is 12.3. The summed E-state index contributed by atoms with van der Waals surface area (Å²) in [7, 11) is 0. The minimum absolute atomic E-state index is 1.08. The van der Waals surface area contributed by atoms with Crippen LogP contribution in [0.2, 0.25) is 0 Å². The van der Waals surface area contributed by atoms with E-state index in [4.69, 9.17) is 0 Å². The number of fused-ring (bicyclic) bond motifs is 3. The number of rotatable bonds is 9. The summed E-state index contributed by atoms with van der Waals surface area (Å²) in [5, 5.41) is 5.06. The largest absolute Gasteiger partial charge is 0.310 e. The van der Waals surface area contributed by atoms with Crippen molar-refractivity contribution in [1.82, 2.24) is 0 Å². The standard InChI is InChI=1S/C62H43N/c1-3-19-44(20-4-1)51-24-9-11-28-55(51)58-31-14-15-32-59(58)56-29-12-10-25-52(56)46-35-39-49(40-36-46)63(62-34-18-17-27-54(62)45-21-5-2-6-22-45)50-41-37-47(38-42-50)61-43-48-23-7-8-26-53(48)57-30-13-16-33-60(57)61/h1-43H. The molecule has 0 saturated heterocycles. The fraction of sp³-hybridized carbons (Fsp3) is 0. The molecule has 0 aliphatic rings. The van der Waals surface area contributed by atoms with Crippen molar-refractivity contribution in [2.45, 2.75) is 0 Å². The van der Waals surface area contributed by atoms with Crippen molar-refractivity contribution < 1.29 is 0 Å². The predicted molar refractivity (Wildman–Crippen MR) is 269 cm³/mol. The van der Waals surface area contributed by atoms with E-state index in [0.717, 1.165) is 22.6 Å². The number of hydrogen-bond acceptors (Lipinski definition) is 1. The van der Waals surface area contributed by atoms with Crippen molar-refractivity contribution in [3.05, 3.63) is 261 Å². The first-order valence-electron chi connectivity index (χ1n) is 21.7. The lowest BCUT2D eigenvalue weighted by atomic mass is 9.87. The fourth-order valence-corrected chi connectivity index (χ4v) is 9.34. The molecule has 1 heteroatoms. The van der Waals surface area contributed by atoms with Gasteiger partial charge in [0.05, 0.1) is 5.69 Å². The molecule has 0 saturated carbocycles. The normalized spacial score (nSPS) is 11.2. The molecule has 11 aromatic rings. The van der Waals surface area contributed by atoms with Gasteiger partial charge in [0.2, 0.25) is 0 Å². The molecule has 0 aromatic heterocycles. The first-order chi connectivity index (χ1) is 31.3. The molecular formula is C62H43N. The second kappa shape index (κ2) is 16.7. The minimum Gasteiger partial charge on any atom is -0.310 e. The maximum absolute atomic E-state index is 2.40. The van der Waals surface area contributed by atoms with Gasteiger partial charge in [-0.25, -0.2) is 0 Å². The average molecular weight is 802 g/mol. The molecule has 0 unspecified atom stereocenters. The summed E-state index contributed by atoms with van der Waals surface area (Å²) < 4.78 is 0. The number of benzene rings is 11. The average Bonchev–Trinajstić information content (AvgIpc) is 3.37. The Balaban J connectivity index is 1.01. The van der Waals surface area contributed by atoms with Crippen LogP contribution in [0.4, 0.5) is 17.1 Å². The van der Waals surface area contributed by atoms with Gasteiger partial charge in [-0.3, -0.25) is 0 Å². The van der Waals surface area contributed by atoms with Gasteiger partial charge in [-0.2, -0.15) is 0 Å². The summed E-state index contributed by atoms with van der Waals surface area (Å²) in [6, 6.07) is 94.5. The molecule has 296 valence electrons. The Morgan fingerprint density at radius 2 is 0.556 bits per heavy atom. The molecular weight excluding hydrogens is 759 g/mol. The van der Waals surface area contributed by atoms with Crippen LogP contribution in [-0.2, 0) is 0 Å². The van der Waals surface area contributed by atoms with E-state index < -0.39 is 0 Å². The smallest absolute Gasteiger partial charge is 0.0540 e. The molecule has 0 atom stereocenters. The van der Waals surface area contributed by atoms with Crippen LogP contribution >= 0.6 is 0 Å². The highest BCUT2D eigenvalue weighted by atomic mass is 15.1. The molecule has 11 rings (SSSR count). The second-order valence-electron chi connectivity index (χ2n) is 16.0. The zero-order valence-electron chi connectivity index (χ0n) is 34.8. The Morgan fingerprint density at radius 3 is 1.10 bits per heavy atom. The second-order valence-corrected chi connectivity index (χ2v) is 16.0. The van der Waals surface area contributed by atoms with Crippen molar-refractivity contribution in [3.8, 4) is 66.8 Å². The van der Waals surface area contributed by atoms with E-state index in [2.05, 4.69) is 266 Å². The first kappa shape index (κ1) is 37.7. The molecule has 0 spiro atoms. The Kier molecular flexibility index (Phi) is 9.97. The van der Waals surface area contributed by atoms with Crippen LogP contribution in [0, 0.1) is 0 Å². The van der Waals surface area contributed by atoms with Crippen molar-refractivity contribution in [3.63, 3.8) is 0 Å². The highest BCUT2D eigenvalue weighted by Crippen LogP contribution is 2.45. The molecule has 0 aliphatic carbocycles. The lowest BCUT2D eigenvalue weighted by Crippen LogP contribution is -2.11. The Labute approximate surface area is 369 Å². The zero-order valence-corrected chi connectivity index (χ0v) is 34.8. The number of anilines is 3. The monoisotopic (exact) mass is 801 g/mol. The SMILES string of the molecule is c1ccc(-c2ccccc2-c2ccccc2-c2ccccc2-c2ccc(N(c3ccc(-c4cc5ccccc5c5ccccc45)cc3)c3ccccc3-c3ccccc3)cc2)cc1. The quantitative estimate of drug-likeness (QED) is 0.131. The van der Waals surface area contributed by atoms with Gasteiger partial charge >= 0.3 is 0 Å². The molecule has 63 heavy (non-hydrogen) atoms. The van der Waals surface area contributed by atoms with Crippen LogP contribution in [0.15, 0.2) is 261 Å². The van der Waals surface area contributed by atoms with Gasteiger partial charge in [0.25, 0.3) is 0 Å². The fourth-order valence-electron chi connectivity index (χ4n) is 9.34. The molecule has 1 nitrogen and oxygen atoms in total. The molecule has 0 N–H and O–H groups in total. The number of hydrogen-bond donors (Lipinski definition) is 0. The van der Waals surface area contributed by atoms with Crippen LogP contribution in [0.25, 0.3) is 88.3 Å². The number of para-hydroxylation sites is 1. The van der Waals surface area contributed by atoms with E-state index in [1.165, 1.54) is 82.7 Å². The molecule has 11 aromatic carbocycles. The molecule has 0 amide bonds. The van der Waals surface area contributed by atoms with Crippen molar-refractivity contribution in [2.75, 3.05) is 4.90 Å². The summed E-state index contributed by atoms with van der Waals surface area (Å²) >= 11 is 0. The third kappa shape index (κ3) is 7.16. The minimum atomic E-state index is 1.08. The van der Waals surface area contributed by atoms with Gasteiger partial charge in [-0.1, -0.05) is 224 Å². The van der Waals surface area contributed by atoms with E-state index in [1.54, 1.807) is 0 Å². The highest BCUT2D eigenvalue weighted by Gasteiger charge is 2.20. The van der Waals surface area contributed by atoms with E-state index in [9.17, 15) is 0 Å². The maximum atomic E-state index is 2.40. The van der Waals surface area contributed by atoms with Gasteiger partial charge in [0, 0.05) is 16.9 Å². The van der Waals surface area contributed by atoms with E-state index >= 15 is 0 Å². The zero-order chi connectivity index (χ0) is 42.0. The number of nitrogens with zero attached hydrogens (tertiary/aromatic N) is 1. The van der Waals surface area contributed by atoms with Crippen LogP contribution in [0.1, 0.15) is 0 Å². The summed E-state index contributed by atoms with van der Waals surface area (Å²) in [5.74, 6) is 0. The van der Waals surface area contributed by atoms with Crippen molar-refractivity contribution in [1.29, 1.82) is 0 Å². The maximum Gasteiger partial charge on any atom is 0.0540 e. The van der Waals surface area contributed by atoms with Crippen LogP contribution in [0.3, 0.4) is 0 Å². The van der Waals surface area contributed by atoms with Gasteiger partial charge in [0.15, 0.2) is 0 Å². The summed E-state index contributed by atoms with van der Waals surface area (Å²) in [6.45, 7) is 0. The Morgan fingerprint density at radius 1 is 0.206 bits per heavy atom. The molecule has 0 aliphatic heterocycles. The van der Waals surface area contributed by atoms with Gasteiger partial charge in [-0.15, -0.1) is 0 Å². The van der Waals surface area contributed by atoms with Crippen LogP contribution < -0.4 is 4.90 Å². The lowest BCUT2D eigenvalue weighted by molar-refractivity contribution is 1.28. The molecule has 0 fully saturated rings. The van der Waals surface area contributed by atoms with Gasteiger partial charge < -0.3 is 4.90 Å². The van der Waals surface area contributed by atoms with Gasteiger partial charge in [-0.05, 0) is 119 Å². The van der Waals surface area contributed by atoms with E-state index in [-0.39, 0.29) is 0 Å². The Bertz CT molecular complexity index is 3370. The molecule has 0 bridgehead atoms. The molecule has 0 heterocycles. The topological polar surface area (TPSA) is 3.24 Å².